The number of nitrogens with one attached hydrogen (secondary N) is 1. The fraction of sp³-hybridized carbons (Fsp3) is 1.00. The Labute approximate surface area is 102 Å². The molecule has 0 amide bonds. The van der Waals surface area contributed by atoms with E-state index in [9.17, 15) is 0 Å². The topological polar surface area (TPSA) is 15.3 Å². The van der Waals surface area contributed by atoms with Crippen molar-refractivity contribution in [2.75, 3.05) is 26.7 Å². The van der Waals surface area contributed by atoms with Gasteiger partial charge in [-0.1, -0.05) is 20.8 Å². The van der Waals surface area contributed by atoms with E-state index in [4.69, 9.17) is 0 Å². The van der Waals surface area contributed by atoms with E-state index in [-0.39, 0.29) is 0 Å². The molecule has 0 aliphatic carbocycles. The predicted molar refractivity (Wildman–Crippen MR) is 71.8 cm³/mol. The average molecular weight is 226 g/mol. The standard InChI is InChI=1S/C14H30N2/c1-6-14(4,10-15-5)11-16-9-7-8-12(2)13(16)3/h12-13,15H,6-11H2,1-5H3. The predicted octanol–water partition coefficient (Wildman–Crippen LogP) is 2.74. The molecule has 3 atom stereocenters. The summed E-state index contributed by atoms with van der Waals surface area (Å²) >= 11 is 0. The van der Waals surface area contributed by atoms with Crippen LogP contribution in [0.25, 0.3) is 0 Å². The van der Waals surface area contributed by atoms with Crippen LogP contribution in [-0.4, -0.2) is 37.6 Å². The monoisotopic (exact) mass is 226 g/mol. The van der Waals surface area contributed by atoms with Crippen LogP contribution in [0.15, 0.2) is 0 Å². The number of piperidine rings is 1. The molecule has 1 rings (SSSR count). The SMILES string of the molecule is CCC(C)(CNC)CN1CCCC(C)C1C. The second kappa shape index (κ2) is 6.02. The molecule has 1 N–H and O–H groups in total. The van der Waals surface area contributed by atoms with Gasteiger partial charge in [-0.05, 0) is 51.1 Å². The second-order valence-electron chi connectivity index (χ2n) is 6.03. The first-order valence-corrected chi connectivity index (χ1v) is 6.91. The Hall–Kier alpha value is -0.0800. The molecule has 1 aliphatic rings. The number of hydrogen-bond acceptors (Lipinski definition) is 2. The van der Waals surface area contributed by atoms with Crippen LogP contribution in [0.5, 0.6) is 0 Å². The van der Waals surface area contributed by atoms with E-state index >= 15 is 0 Å². The average Bonchev–Trinajstić information content (AvgIpc) is 2.25. The van der Waals surface area contributed by atoms with E-state index in [2.05, 4.69) is 45.0 Å². The zero-order valence-corrected chi connectivity index (χ0v) is 11.8. The number of nitrogens with zero attached hydrogens (tertiary/aromatic N) is 1. The van der Waals surface area contributed by atoms with Gasteiger partial charge in [0.1, 0.15) is 0 Å². The van der Waals surface area contributed by atoms with E-state index in [0.717, 1.165) is 18.5 Å². The smallest absolute Gasteiger partial charge is 0.00928 e. The summed E-state index contributed by atoms with van der Waals surface area (Å²) in [6, 6.07) is 0.761. The molecule has 0 spiro atoms. The molecular formula is C14H30N2. The van der Waals surface area contributed by atoms with Gasteiger partial charge in [0.25, 0.3) is 0 Å². The first-order valence-electron chi connectivity index (χ1n) is 6.91. The Kier molecular flexibility index (Phi) is 5.26. The molecule has 1 aliphatic heterocycles. The summed E-state index contributed by atoms with van der Waals surface area (Å²) in [5, 5.41) is 3.35. The van der Waals surface area contributed by atoms with Crippen molar-refractivity contribution in [3.63, 3.8) is 0 Å². The van der Waals surface area contributed by atoms with Crippen molar-refractivity contribution in [3.8, 4) is 0 Å². The van der Waals surface area contributed by atoms with Gasteiger partial charge < -0.3 is 5.32 Å². The minimum absolute atomic E-state index is 0.431. The van der Waals surface area contributed by atoms with Crippen LogP contribution in [0.2, 0.25) is 0 Å². The zero-order chi connectivity index (χ0) is 12.2. The van der Waals surface area contributed by atoms with Crippen molar-refractivity contribution in [2.45, 2.75) is 53.0 Å². The molecular weight excluding hydrogens is 196 g/mol. The Morgan fingerprint density at radius 2 is 2.06 bits per heavy atom. The highest BCUT2D eigenvalue weighted by Crippen LogP contribution is 2.28. The van der Waals surface area contributed by atoms with E-state index < -0.39 is 0 Å². The highest BCUT2D eigenvalue weighted by molar-refractivity contribution is 4.85. The first-order chi connectivity index (χ1) is 7.52. The fourth-order valence-corrected chi connectivity index (χ4v) is 2.85. The van der Waals surface area contributed by atoms with Crippen molar-refractivity contribution in [2.24, 2.45) is 11.3 Å². The quantitative estimate of drug-likeness (QED) is 0.775. The minimum atomic E-state index is 0.431. The van der Waals surface area contributed by atoms with Crippen LogP contribution in [0.1, 0.15) is 47.0 Å². The third-order valence-electron chi connectivity index (χ3n) is 4.55. The van der Waals surface area contributed by atoms with E-state index in [1.54, 1.807) is 0 Å². The summed E-state index contributed by atoms with van der Waals surface area (Å²) in [6.45, 7) is 13.2. The van der Waals surface area contributed by atoms with Gasteiger partial charge in [-0.2, -0.15) is 0 Å². The van der Waals surface area contributed by atoms with E-state index in [1.165, 1.54) is 32.4 Å². The highest BCUT2D eigenvalue weighted by atomic mass is 15.2. The van der Waals surface area contributed by atoms with E-state index in [0.29, 0.717) is 5.41 Å². The summed E-state index contributed by atoms with van der Waals surface area (Å²) in [4.78, 5) is 2.70. The Bertz CT molecular complexity index is 205. The third-order valence-corrected chi connectivity index (χ3v) is 4.55. The van der Waals surface area contributed by atoms with Crippen molar-refractivity contribution in [3.05, 3.63) is 0 Å². The van der Waals surface area contributed by atoms with Crippen LogP contribution in [-0.2, 0) is 0 Å². The summed E-state index contributed by atoms with van der Waals surface area (Å²) < 4.78 is 0. The summed E-state index contributed by atoms with van der Waals surface area (Å²) in [5.74, 6) is 0.865. The molecule has 0 saturated carbocycles. The third kappa shape index (κ3) is 3.46. The molecule has 1 fully saturated rings. The van der Waals surface area contributed by atoms with Crippen LogP contribution >= 0.6 is 0 Å². The maximum Gasteiger partial charge on any atom is 0.00928 e. The van der Waals surface area contributed by atoms with Gasteiger partial charge >= 0.3 is 0 Å². The van der Waals surface area contributed by atoms with Gasteiger partial charge in [0.15, 0.2) is 0 Å². The van der Waals surface area contributed by atoms with Gasteiger partial charge in [0.05, 0.1) is 0 Å². The fourth-order valence-electron chi connectivity index (χ4n) is 2.85. The van der Waals surface area contributed by atoms with E-state index in [1.807, 2.05) is 0 Å². The van der Waals surface area contributed by atoms with Gasteiger partial charge in [0, 0.05) is 19.1 Å². The zero-order valence-electron chi connectivity index (χ0n) is 11.8. The maximum absolute atomic E-state index is 3.35. The van der Waals surface area contributed by atoms with Crippen molar-refractivity contribution in [1.29, 1.82) is 0 Å². The largest absolute Gasteiger partial charge is 0.319 e. The molecule has 2 heteroatoms. The first kappa shape index (κ1) is 14.0. The molecule has 2 nitrogen and oxygen atoms in total. The lowest BCUT2D eigenvalue weighted by Crippen LogP contribution is -2.49. The number of likely N-dealkylation sites (tertiary alicyclic amines) is 1. The summed E-state index contributed by atoms with van der Waals surface area (Å²) in [6.07, 6.45) is 4.04. The Balaban J connectivity index is 2.56. The Morgan fingerprint density at radius 1 is 1.38 bits per heavy atom. The van der Waals surface area contributed by atoms with Gasteiger partial charge in [0.2, 0.25) is 0 Å². The number of hydrogen-bond donors (Lipinski definition) is 1. The molecule has 3 unspecified atom stereocenters. The van der Waals surface area contributed by atoms with Gasteiger partial charge in [-0.15, -0.1) is 0 Å². The molecule has 0 bridgehead atoms. The highest BCUT2D eigenvalue weighted by Gasteiger charge is 2.30. The molecule has 0 radical (unpaired) electrons. The van der Waals surface area contributed by atoms with Crippen LogP contribution in [0, 0.1) is 11.3 Å². The van der Waals surface area contributed by atoms with Crippen LogP contribution < -0.4 is 5.32 Å². The van der Waals surface area contributed by atoms with Crippen molar-refractivity contribution >= 4 is 0 Å². The molecule has 0 aromatic heterocycles. The van der Waals surface area contributed by atoms with Crippen LogP contribution in [0.3, 0.4) is 0 Å². The molecule has 96 valence electrons. The molecule has 1 heterocycles. The lowest BCUT2D eigenvalue weighted by molar-refractivity contribution is 0.0644. The molecule has 0 aromatic rings. The van der Waals surface area contributed by atoms with Crippen LogP contribution in [0.4, 0.5) is 0 Å². The maximum atomic E-state index is 3.35. The molecule has 1 saturated heterocycles. The van der Waals surface area contributed by atoms with Crippen molar-refractivity contribution in [1.82, 2.24) is 10.2 Å². The lowest BCUT2D eigenvalue weighted by Gasteiger charge is -2.43. The lowest BCUT2D eigenvalue weighted by atomic mass is 9.84. The molecule has 0 aromatic carbocycles. The summed E-state index contributed by atoms with van der Waals surface area (Å²) in [5.41, 5.74) is 0.431. The van der Waals surface area contributed by atoms with Gasteiger partial charge in [-0.3, -0.25) is 4.90 Å². The molecule has 16 heavy (non-hydrogen) atoms. The Morgan fingerprint density at radius 3 is 2.62 bits per heavy atom. The normalized spacial score (nSPS) is 31.3. The summed E-state index contributed by atoms with van der Waals surface area (Å²) in [7, 11) is 2.07. The number of rotatable bonds is 5. The minimum Gasteiger partial charge on any atom is -0.319 e. The van der Waals surface area contributed by atoms with Crippen molar-refractivity contribution < 1.29 is 0 Å². The van der Waals surface area contributed by atoms with Gasteiger partial charge in [-0.25, -0.2) is 0 Å². The second-order valence-corrected chi connectivity index (χ2v) is 6.03.